The second kappa shape index (κ2) is 5.74. The van der Waals surface area contributed by atoms with Crippen molar-refractivity contribution in [3.63, 3.8) is 0 Å². The van der Waals surface area contributed by atoms with Crippen LogP contribution >= 0.6 is 15.9 Å². The number of fused-ring (bicyclic) bond motifs is 1. The summed E-state index contributed by atoms with van der Waals surface area (Å²) in [7, 11) is -1.71. The Balaban J connectivity index is 2.13. The quantitative estimate of drug-likeness (QED) is 0.812. The molecule has 0 saturated carbocycles. The molecule has 1 aromatic heterocycles. The largest absolute Gasteiger partial charge is 0.415 e. The third kappa shape index (κ3) is 3.49. The molecule has 4 nitrogen and oxygen atoms in total. The smallest absolute Gasteiger partial charge is 0.192 e. The van der Waals surface area contributed by atoms with Gasteiger partial charge < -0.3 is 10.2 Å². The number of nitrogen functional groups attached to an aromatic ring is 1. The highest BCUT2D eigenvalue weighted by molar-refractivity contribution is 9.10. The number of aromatic nitrogens is 2. The van der Waals surface area contributed by atoms with Crippen LogP contribution in [0.5, 0.6) is 0 Å². The van der Waals surface area contributed by atoms with Crippen molar-refractivity contribution in [2.24, 2.45) is 0 Å². The molecule has 116 valence electrons. The molecule has 1 heterocycles. The predicted molar refractivity (Wildman–Crippen MR) is 95.0 cm³/mol. The molecule has 2 N–H and O–H groups in total. The molecule has 0 unspecified atom stereocenters. The van der Waals surface area contributed by atoms with Gasteiger partial charge in [0.05, 0.1) is 18.7 Å². The van der Waals surface area contributed by atoms with E-state index in [0.29, 0.717) is 12.4 Å². The van der Waals surface area contributed by atoms with Gasteiger partial charge in [-0.05, 0) is 36.3 Å². The van der Waals surface area contributed by atoms with E-state index in [4.69, 9.17) is 10.2 Å². The summed E-state index contributed by atoms with van der Waals surface area (Å²) in [6.07, 6.45) is 0. The zero-order chi connectivity index (χ0) is 15.8. The summed E-state index contributed by atoms with van der Waals surface area (Å²) in [5.74, 6) is 0.574. The van der Waals surface area contributed by atoms with Crippen LogP contribution in [0.4, 0.5) is 5.82 Å². The maximum absolute atomic E-state index is 6.21. The third-order valence-electron chi connectivity index (χ3n) is 4.31. The van der Waals surface area contributed by atoms with Crippen LogP contribution in [-0.2, 0) is 11.0 Å². The van der Waals surface area contributed by atoms with E-state index >= 15 is 0 Å². The molecule has 0 aliphatic carbocycles. The first kappa shape index (κ1) is 16.5. The SMILES string of the molecule is CC(C)(C)[Si](C)(C)OCCn1nc(N)c2ccc(Br)cc21. The van der Waals surface area contributed by atoms with E-state index in [1.807, 2.05) is 22.9 Å². The molecule has 1 aromatic carbocycles. The summed E-state index contributed by atoms with van der Waals surface area (Å²) in [6.45, 7) is 12.7. The minimum Gasteiger partial charge on any atom is -0.415 e. The average Bonchev–Trinajstić information content (AvgIpc) is 2.64. The highest BCUT2D eigenvalue weighted by atomic mass is 79.9. The Bertz CT molecular complexity index is 646. The molecular formula is C15H24BrN3OSi. The first-order valence-electron chi connectivity index (χ1n) is 7.17. The fourth-order valence-electron chi connectivity index (χ4n) is 1.95. The molecular weight excluding hydrogens is 346 g/mol. The van der Waals surface area contributed by atoms with E-state index in [2.05, 4.69) is 54.9 Å². The highest BCUT2D eigenvalue weighted by Gasteiger charge is 2.36. The van der Waals surface area contributed by atoms with Crippen LogP contribution in [0.15, 0.2) is 22.7 Å². The minimum absolute atomic E-state index is 0.223. The van der Waals surface area contributed by atoms with Crippen molar-refractivity contribution in [1.29, 1.82) is 0 Å². The van der Waals surface area contributed by atoms with Crippen molar-refractivity contribution in [3.05, 3.63) is 22.7 Å². The molecule has 0 aliphatic rings. The lowest BCUT2D eigenvalue weighted by atomic mass is 10.2. The monoisotopic (exact) mass is 369 g/mol. The second-order valence-electron chi connectivity index (χ2n) is 6.88. The Hall–Kier alpha value is -0.853. The van der Waals surface area contributed by atoms with E-state index < -0.39 is 8.32 Å². The van der Waals surface area contributed by atoms with Crippen LogP contribution in [-0.4, -0.2) is 24.7 Å². The Labute approximate surface area is 135 Å². The van der Waals surface area contributed by atoms with E-state index in [9.17, 15) is 0 Å². The number of anilines is 1. The molecule has 0 amide bonds. The van der Waals surface area contributed by atoms with Gasteiger partial charge in [-0.1, -0.05) is 36.7 Å². The molecule has 0 fully saturated rings. The van der Waals surface area contributed by atoms with Gasteiger partial charge in [-0.15, -0.1) is 0 Å². The second-order valence-corrected chi connectivity index (χ2v) is 12.6. The summed E-state index contributed by atoms with van der Waals surface area (Å²) < 4.78 is 9.17. The summed E-state index contributed by atoms with van der Waals surface area (Å²) in [5, 5.41) is 5.64. The Kier molecular flexibility index (Phi) is 4.51. The first-order valence-corrected chi connectivity index (χ1v) is 10.9. The van der Waals surface area contributed by atoms with E-state index in [1.54, 1.807) is 0 Å². The van der Waals surface area contributed by atoms with Gasteiger partial charge in [0.25, 0.3) is 0 Å². The van der Waals surface area contributed by atoms with E-state index in [0.717, 1.165) is 21.9 Å². The van der Waals surface area contributed by atoms with Crippen molar-refractivity contribution in [1.82, 2.24) is 9.78 Å². The lowest BCUT2D eigenvalue weighted by Gasteiger charge is -2.36. The molecule has 2 aromatic rings. The summed E-state index contributed by atoms with van der Waals surface area (Å²) in [6, 6.07) is 6.02. The summed E-state index contributed by atoms with van der Waals surface area (Å²) >= 11 is 3.50. The molecule has 0 radical (unpaired) electrons. The summed E-state index contributed by atoms with van der Waals surface area (Å²) in [5.41, 5.74) is 7.02. The van der Waals surface area contributed by atoms with Crippen LogP contribution in [0.2, 0.25) is 18.1 Å². The minimum atomic E-state index is -1.71. The standard InChI is InChI=1S/C15H24BrN3OSi/c1-15(2,3)21(4,5)20-9-8-19-13-10-11(16)6-7-12(13)14(17)18-19/h6-7,10H,8-9H2,1-5H3,(H2,17,18). The normalized spacial score (nSPS) is 13.0. The maximum Gasteiger partial charge on any atom is 0.192 e. The van der Waals surface area contributed by atoms with Crippen LogP contribution in [0.25, 0.3) is 10.9 Å². The molecule has 0 saturated heterocycles. The van der Waals surface area contributed by atoms with Gasteiger partial charge in [-0.3, -0.25) is 4.68 Å². The number of halogens is 1. The molecule has 0 spiro atoms. The number of hydrogen-bond acceptors (Lipinski definition) is 3. The van der Waals surface area contributed by atoms with Gasteiger partial charge in [0.15, 0.2) is 14.1 Å². The highest BCUT2D eigenvalue weighted by Crippen LogP contribution is 2.36. The fourth-order valence-corrected chi connectivity index (χ4v) is 3.33. The zero-order valence-electron chi connectivity index (χ0n) is 13.4. The van der Waals surface area contributed by atoms with Crippen LogP contribution in [0.3, 0.4) is 0 Å². The van der Waals surface area contributed by atoms with Crippen LogP contribution in [0, 0.1) is 0 Å². The van der Waals surface area contributed by atoms with Crippen LogP contribution < -0.4 is 5.73 Å². The van der Waals surface area contributed by atoms with Gasteiger partial charge in [-0.2, -0.15) is 5.10 Å². The van der Waals surface area contributed by atoms with E-state index in [-0.39, 0.29) is 5.04 Å². The molecule has 6 heteroatoms. The van der Waals surface area contributed by atoms with Crippen molar-refractivity contribution in [3.8, 4) is 0 Å². The summed E-state index contributed by atoms with van der Waals surface area (Å²) in [4.78, 5) is 0. The fraction of sp³-hybridized carbons (Fsp3) is 0.533. The lowest BCUT2D eigenvalue weighted by Crippen LogP contribution is -2.41. The molecule has 2 rings (SSSR count). The predicted octanol–water partition coefficient (Wildman–Crippen LogP) is 4.40. The molecule has 0 atom stereocenters. The van der Waals surface area contributed by atoms with Crippen LogP contribution in [0.1, 0.15) is 20.8 Å². The van der Waals surface area contributed by atoms with Crippen molar-refractivity contribution in [2.75, 3.05) is 12.3 Å². The Morgan fingerprint density at radius 2 is 2.00 bits per heavy atom. The number of nitrogens with two attached hydrogens (primary N) is 1. The van der Waals surface area contributed by atoms with Gasteiger partial charge in [0, 0.05) is 9.86 Å². The molecule has 0 aliphatic heterocycles. The van der Waals surface area contributed by atoms with Crippen molar-refractivity contribution < 1.29 is 4.43 Å². The number of rotatable bonds is 4. The number of hydrogen-bond donors (Lipinski definition) is 1. The third-order valence-corrected chi connectivity index (χ3v) is 9.35. The van der Waals surface area contributed by atoms with Gasteiger partial charge in [0.2, 0.25) is 0 Å². The lowest BCUT2D eigenvalue weighted by molar-refractivity contribution is 0.268. The van der Waals surface area contributed by atoms with Gasteiger partial charge >= 0.3 is 0 Å². The topological polar surface area (TPSA) is 53.1 Å². The number of nitrogens with zero attached hydrogens (tertiary/aromatic N) is 2. The average molecular weight is 370 g/mol. The molecule has 0 bridgehead atoms. The van der Waals surface area contributed by atoms with Gasteiger partial charge in [0.1, 0.15) is 0 Å². The van der Waals surface area contributed by atoms with Gasteiger partial charge in [-0.25, -0.2) is 0 Å². The van der Waals surface area contributed by atoms with E-state index in [1.165, 1.54) is 0 Å². The molecule has 21 heavy (non-hydrogen) atoms. The number of benzene rings is 1. The van der Waals surface area contributed by atoms with Crippen molar-refractivity contribution >= 4 is 41.0 Å². The first-order chi connectivity index (χ1) is 9.62. The Morgan fingerprint density at radius 1 is 1.33 bits per heavy atom. The maximum atomic E-state index is 6.21. The Morgan fingerprint density at radius 3 is 2.62 bits per heavy atom. The zero-order valence-corrected chi connectivity index (χ0v) is 16.0. The van der Waals surface area contributed by atoms with Crippen molar-refractivity contribution in [2.45, 2.75) is 45.4 Å².